The maximum Gasteiger partial charge on any atom is 0.0727 e. The van der Waals surface area contributed by atoms with Crippen molar-refractivity contribution in [2.24, 2.45) is 0 Å². The average molecular weight is 777 g/mol. The van der Waals surface area contributed by atoms with Gasteiger partial charge in [0.25, 0.3) is 0 Å². The molecule has 10 aromatic rings. The second-order valence-corrected chi connectivity index (χ2v) is 16.1. The van der Waals surface area contributed by atoms with E-state index in [0.29, 0.717) is 0 Å². The SMILES string of the molecule is c1ccc(-c2ccc3ccc(N(c4ccccc4)c4ccc5c(c4)C4(c6ccccc6-c6ccc(N(c7ccccc7)c7ccccc7)cc64)c4ccccc4-5)cc3c2)cc1. The van der Waals surface area contributed by atoms with Gasteiger partial charge in [0, 0.05) is 34.1 Å². The molecule has 1 spiro atoms. The summed E-state index contributed by atoms with van der Waals surface area (Å²) in [6.07, 6.45) is 0. The molecule has 1 atom stereocenters. The molecule has 0 saturated carbocycles. The zero-order valence-corrected chi connectivity index (χ0v) is 33.5. The Balaban J connectivity index is 1.09. The lowest BCUT2D eigenvalue weighted by Crippen LogP contribution is -2.26. The number of nitrogens with zero attached hydrogens (tertiary/aromatic N) is 2. The number of benzene rings is 10. The van der Waals surface area contributed by atoms with Gasteiger partial charge >= 0.3 is 0 Å². The van der Waals surface area contributed by atoms with E-state index >= 15 is 0 Å². The number of para-hydroxylation sites is 3. The third-order valence-electron chi connectivity index (χ3n) is 12.8. The molecule has 0 heterocycles. The van der Waals surface area contributed by atoms with Crippen molar-refractivity contribution in [3.05, 3.63) is 265 Å². The molecule has 0 saturated heterocycles. The van der Waals surface area contributed by atoms with Crippen LogP contribution in [-0.2, 0) is 5.41 Å². The number of rotatable bonds is 7. The van der Waals surface area contributed by atoms with Crippen LogP contribution in [0.4, 0.5) is 34.1 Å². The summed E-state index contributed by atoms with van der Waals surface area (Å²) in [6, 6.07) is 89.1. The molecule has 2 aliphatic carbocycles. The first kappa shape index (κ1) is 35.0. The van der Waals surface area contributed by atoms with Gasteiger partial charge < -0.3 is 9.80 Å². The van der Waals surface area contributed by atoms with Crippen LogP contribution in [0.2, 0.25) is 0 Å². The van der Waals surface area contributed by atoms with E-state index in [1.165, 1.54) is 66.4 Å². The Hall–Kier alpha value is -7.94. The van der Waals surface area contributed by atoms with E-state index in [-0.39, 0.29) is 0 Å². The standard InChI is InChI=1S/C59H40N2/c1-5-17-41(18-6-1)43-30-29-42-31-32-48(38-44(42)37-43)61(47-23-11-4-12-24-47)50-34-36-54-52-26-14-16-28-56(52)59(58(54)40-50)55-27-15-13-25-51(55)53-35-33-49(39-57(53)59)60(45-19-7-2-8-20-45)46-21-9-3-10-22-46/h1-40H. The van der Waals surface area contributed by atoms with E-state index in [2.05, 4.69) is 252 Å². The normalized spacial score (nSPS) is 14.3. The van der Waals surface area contributed by atoms with Crippen molar-refractivity contribution in [1.82, 2.24) is 0 Å². The van der Waals surface area contributed by atoms with E-state index in [9.17, 15) is 0 Å². The Bertz CT molecular complexity index is 3200. The van der Waals surface area contributed by atoms with Crippen molar-refractivity contribution in [2.45, 2.75) is 5.41 Å². The summed E-state index contributed by atoms with van der Waals surface area (Å²) in [4.78, 5) is 4.81. The lowest BCUT2D eigenvalue weighted by Gasteiger charge is -2.33. The van der Waals surface area contributed by atoms with Crippen LogP contribution in [0.15, 0.2) is 243 Å². The van der Waals surface area contributed by atoms with Gasteiger partial charge in [-0.1, -0.05) is 164 Å². The highest BCUT2D eigenvalue weighted by Gasteiger charge is 2.52. The zero-order chi connectivity index (χ0) is 40.3. The van der Waals surface area contributed by atoms with Crippen molar-refractivity contribution < 1.29 is 0 Å². The molecule has 2 aliphatic rings. The molecular formula is C59H40N2. The van der Waals surface area contributed by atoms with E-state index in [0.717, 1.165) is 34.1 Å². The van der Waals surface area contributed by atoms with Crippen molar-refractivity contribution in [3.63, 3.8) is 0 Å². The van der Waals surface area contributed by atoms with Gasteiger partial charge in [0.1, 0.15) is 0 Å². The minimum Gasteiger partial charge on any atom is -0.310 e. The molecule has 10 aromatic carbocycles. The van der Waals surface area contributed by atoms with Gasteiger partial charge in [-0.3, -0.25) is 0 Å². The molecule has 0 N–H and O–H groups in total. The Labute approximate surface area is 356 Å². The second-order valence-electron chi connectivity index (χ2n) is 16.1. The molecule has 0 amide bonds. The maximum absolute atomic E-state index is 2.48. The topological polar surface area (TPSA) is 6.48 Å². The van der Waals surface area contributed by atoms with Gasteiger partial charge in [-0.25, -0.2) is 0 Å². The molecule has 1 unspecified atom stereocenters. The van der Waals surface area contributed by atoms with Crippen LogP contribution >= 0.6 is 0 Å². The summed E-state index contributed by atoms with van der Waals surface area (Å²) < 4.78 is 0. The molecule has 2 heteroatoms. The van der Waals surface area contributed by atoms with Crippen molar-refractivity contribution in [3.8, 4) is 33.4 Å². The average Bonchev–Trinajstić information content (AvgIpc) is 3.79. The van der Waals surface area contributed by atoms with Crippen molar-refractivity contribution in [1.29, 1.82) is 0 Å². The molecule has 0 bridgehead atoms. The Kier molecular flexibility index (Phi) is 8.11. The van der Waals surface area contributed by atoms with Gasteiger partial charge in [-0.05, 0) is 145 Å². The number of anilines is 6. The molecule has 0 aromatic heterocycles. The zero-order valence-electron chi connectivity index (χ0n) is 33.5. The fourth-order valence-electron chi connectivity index (χ4n) is 10.2. The smallest absolute Gasteiger partial charge is 0.0727 e. The lowest BCUT2D eigenvalue weighted by atomic mass is 9.70. The number of hydrogen-bond acceptors (Lipinski definition) is 2. The Morgan fingerprint density at radius 3 is 1.15 bits per heavy atom. The van der Waals surface area contributed by atoms with Gasteiger partial charge in [-0.15, -0.1) is 0 Å². The minimum atomic E-state index is -0.542. The Morgan fingerprint density at radius 2 is 0.623 bits per heavy atom. The third-order valence-corrected chi connectivity index (χ3v) is 12.8. The minimum absolute atomic E-state index is 0.542. The van der Waals surface area contributed by atoms with Crippen LogP contribution < -0.4 is 9.80 Å². The molecule has 2 nitrogen and oxygen atoms in total. The summed E-state index contributed by atoms with van der Waals surface area (Å²) in [7, 11) is 0. The molecule has 0 fully saturated rings. The fourth-order valence-corrected chi connectivity index (χ4v) is 10.2. The highest BCUT2D eigenvalue weighted by molar-refractivity contribution is 5.98. The van der Waals surface area contributed by atoms with E-state index in [1.54, 1.807) is 0 Å². The van der Waals surface area contributed by atoms with Crippen molar-refractivity contribution >= 4 is 44.9 Å². The van der Waals surface area contributed by atoms with E-state index in [4.69, 9.17) is 0 Å². The molecule has 12 rings (SSSR count). The highest BCUT2D eigenvalue weighted by Crippen LogP contribution is 2.64. The lowest BCUT2D eigenvalue weighted by molar-refractivity contribution is 0.793. The highest BCUT2D eigenvalue weighted by atomic mass is 15.1. The van der Waals surface area contributed by atoms with Gasteiger partial charge in [0.2, 0.25) is 0 Å². The predicted octanol–water partition coefficient (Wildman–Crippen LogP) is 15.8. The molecule has 0 aliphatic heterocycles. The molecule has 286 valence electrons. The summed E-state index contributed by atoms with van der Waals surface area (Å²) in [5, 5.41) is 2.42. The predicted molar refractivity (Wildman–Crippen MR) is 255 cm³/mol. The first-order valence-electron chi connectivity index (χ1n) is 21.1. The second kappa shape index (κ2) is 14.1. The first-order valence-corrected chi connectivity index (χ1v) is 21.1. The molecular weight excluding hydrogens is 737 g/mol. The summed E-state index contributed by atoms with van der Waals surface area (Å²) in [5.74, 6) is 0. The van der Waals surface area contributed by atoms with Gasteiger partial charge in [0.05, 0.1) is 5.41 Å². The van der Waals surface area contributed by atoms with Crippen molar-refractivity contribution in [2.75, 3.05) is 9.80 Å². The van der Waals surface area contributed by atoms with Crippen LogP contribution in [0, 0.1) is 0 Å². The summed E-state index contributed by atoms with van der Waals surface area (Å²) in [5.41, 5.74) is 19.0. The van der Waals surface area contributed by atoms with Crippen LogP contribution in [0.1, 0.15) is 22.3 Å². The fraction of sp³-hybridized carbons (Fsp3) is 0.0169. The quantitative estimate of drug-likeness (QED) is 0.159. The van der Waals surface area contributed by atoms with Crippen LogP contribution in [0.5, 0.6) is 0 Å². The van der Waals surface area contributed by atoms with E-state index in [1.807, 2.05) is 0 Å². The maximum atomic E-state index is 2.48. The number of hydrogen-bond donors (Lipinski definition) is 0. The monoisotopic (exact) mass is 776 g/mol. The van der Waals surface area contributed by atoms with Crippen LogP contribution in [0.25, 0.3) is 44.2 Å². The summed E-state index contributed by atoms with van der Waals surface area (Å²) >= 11 is 0. The van der Waals surface area contributed by atoms with Gasteiger partial charge in [0.15, 0.2) is 0 Å². The largest absolute Gasteiger partial charge is 0.310 e. The van der Waals surface area contributed by atoms with Crippen LogP contribution in [-0.4, -0.2) is 0 Å². The van der Waals surface area contributed by atoms with Gasteiger partial charge in [-0.2, -0.15) is 0 Å². The third kappa shape index (κ3) is 5.50. The summed E-state index contributed by atoms with van der Waals surface area (Å²) in [6.45, 7) is 0. The Morgan fingerprint density at radius 1 is 0.230 bits per heavy atom. The van der Waals surface area contributed by atoms with E-state index < -0.39 is 5.41 Å². The first-order chi connectivity index (χ1) is 30.3. The molecule has 0 radical (unpaired) electrons. The molecule has 61 heavy (non-hydrogen) atoms. The van der Waals surface area contributed by atoms with Crippen LogP contribution in [0.3, 0.4) is 0 Å². The number of fused-ring (bicyclic) bond motifs is 11.